The summed E-state index contributed by atoms with van der Waals surface area (Å²) in [5, 5.41) is 0. The Morgan fingerprint density at radius 1 is 1.36 bits per heavy atom. The van der Waals surface area contributed by atoms with Crippen LogP contribution in [0.5, 0.6) is 0 Å². The molecule has 14 heavy (non-hydrogen) atoms. The molecule has 1 aromatic carbocycles. The van der Waals surface area contributed by atoms with Crippen molar-refractivity contribution >= 4 is 11.7 Å². The van der Waals surface area contributed by atoms with Gasteiger partial charge in [0, 0.05) is 18.4 Å². The third-order valence-electron chi connectivity index (χ3n) is 2.37. The number of benzene rings is 1. The summed E-state index contributed by atoms with van der Waals surface area (Å²) in [6.45, 7) is 3.52. The Morgan fingerprint density at radius 2 is 2.07 bits per heavy atom. The smallest absolute Gasteiger partial charge is 0.308 e. The van der Waals surface area contributed by atoms with Gasteiger partial charge in [0.1, 0.15) is 5.76 Å². The predicted molar refractivity (Wildman–Crippen MR) is 54.6 cm³/mol. The fourth-order valence-corrected chi connectivity index (χ4v) is 1.77. The van der Waals surface area contributed by atoms with Crippen LogP contribution in [0.1, 0.15) is 30.9 Å². The Labute approximate surface area is 83.2 Å². The molecule has 0 fully saturated rings. The van der Waals surface area contributed by atoms with Gasteiger partial charge in [-0.25, -0.2) is 0 Å². The lowest BCUT2D eigenvalue weighted by Crippen LogP contribution is -1.96. The summed E-state index contributed by atoms with van der Waals surface area (Å²) in [5.41, 5.74) is 2.26. The van der Waals surface area contributed by atoms with Crippen LogP contribution in [-0.2, 0) is 9.53 Å². The maximum atomic E-state index is 10.9. The van der Waals surface area contributed by atoms with E-state index < -0.39 is 0 Å². The highest BCUT2D eigenvalue weighted by Crippen LogP contribution is 2.35. The fraction of sp³-hybridized carbons (Fsp3) is 0.250. The summed E-state index contributed by atoms with van der Waals surface area (Å²) in [7, 11) is 0. The first kappa shape index (κ1) is 9.00. The Balaban J connectivity index is 2.38. The molecule has 0 aliphatic heterocycles. The summed E-state index contributed by atoms with van der Waals surface area (Å²) in [5.74, 6) is 0.765. The molecule has 1 aromatic rings. The largest absolute Gasteiger partial charge is 0.426 e. The van der Waals surface area contributed by atoms with Crippen molar-refractivity contribution in [1.29, 1.82) is 0 Å². The maximum Gasteiger partial charge on any atom is 0.308 e. The highest BCUT2D eigenvalue weighted by Gasteiger charge is 2.21. The quantitative estimate of drug-likeness (QED) is 0.633. The number of hydrogen-bond acceptors (Lipinski definition) is 2. The normalized spacial score (nSPS) is 18.7. The highest BCUT2D eigenvalue weighted by molar-refractivity contribution is 5.79. The van der Waals surface area contributed by atoms with Crippen molar-refractivity contribution in [3.05, 3.63) is 41.5 Å². The number of rotatable bonds is 1. The van der Waals surface area contributed by atoms with E-state index in [9.17, 15) is 4.79 Å². The lowest BCUT2D eigenvalue weighted by molar-refractivity contribution is -0.134. The standard InChI is InChI=1S/C12H12O2/c1-8-7-12(14-9(2)13)11-6-4-3-5-10(8)11/h3-8H,1-2H3. The third kappa shape index (κ3) is 1.43. The van der Waals surface area contributed by atoms with Gasteiger partial charge in [0.15, 0.2) is 0 Å². The van der Waals surface area contributed by atoms with Crippen LogP contribution in [0, 0.1) is 0 Å². The molecule has 0 heterocycles. The maximum absolute atomic E-state index is 10.9. The number of carbonyl (C=O) groups is 1. The van der Waals surface area contributed by atoms with Crippen LogP contribution in [0.3, 0.4) is 0 Å². The molecular formula is C12H12O2. The average Bonchev–Trinajstić information content (AvgIpc) is 2.44. The highest BCUT2D eigenvalue weighted by atomic mass is 16.5. The van der Waals surface area contributed by atoms with Crippen LogP contribution in [0.2, 0.25) is 0 Å². The second kappa shape index (κ2) is 3.29. The van der Waals surface area contributed by atoms with Gasteiger partial charge in [-0.15, -0.1) is 0 Å². The van der Waals surface area contributed by atoms with E-state index in [1.807, 2.05) is 24.3 Å². The fourth-order valence-electron chi connectivity index (χ4n) is 1.77. The monoisotopic (exact) mass is 188 g/mol. The van der Waals surface area contributed by atoms with Crippen molar-refractivity contribution in [2.24, 2.45) is 0 Å². The Morgan fingerprint density at radius 3 is 2.79 bits per heavy atom. The number of esters is 1. The molecule has 0 bridgehead atoms. The first-order valence-corrected chi connectivity index (χ1v) is 4.68. The molecule has 1 unspecified atom stereocenters. The topological polar surface area (TPSA) is 26.3 Å². The summed E-state index contributed by atoms with van der Waals surface area (Å²) < 4.78 is 5.13. The number of hydrogen-bond donors (Lipinski definition) is 0. The van der Waals surface area contributed by atoms with Gasteiger partial charge in [0.25, 0.3) is 0 Å². The summed E-state index contributed by atoms with van der Waals surface area (Å²) in [4.78, 5) is 10.9. The lowest BCUT2D eigenvalue weighted by atomic mass is 10.0. The van der Waals surface area contributed by atoms with E-state index in [1.165, 1.54) is 12.5 Å². The zero-order valence-electron chi connectivity index (χ0n) is 8.28. The molecule has 0 aromatic heterocycles. The molecule has 0 saturated carbocycles. The van der Waals surface area contributed by atoms with E-state index in [2.05, 4.69) is 13.0 Å². The minimum Gasteiger partial charge on any atom is -0.426 e. The van der Waals surface area contributed by atoms with Crippen LogP contribution >= 0.6 is 0 Å². The van der Waals surface area contributed by atoms with Gasteiger partial charge < -0.3 is 4.74 Å². The molecule has 2 rings (SSSR count). The van der Waals surface area contributed by atoms with Crippen molar-refractivity contribution in [2.75, 3.05) is 0 Å². The molecule has 1 aliphatic carbocycles. The van der Waals surface area contributed by atoms with Gasteiger partial charge in [0.05, 0.1) is 0 Å². The number of fused-ring (bicyclic) bond motifs is 1. The Kier molecular flexibility index (Phi) is 2.12. The van der Waals surface area contributed by atoms with Crippen LogP contribution in [0.15, 0.2) is 30.3 Å². The molecule has 0 amide bonds. The number of carbonyl (C=O) groups excluding carboxylic acids is 1. The van der Waals surface area contributed by atoms with E-state index in [1.54, 1.807) is 0 Å². The van der Waals surface area contributed by atoms with Gasteiger partial charge in [0.2, 0.25) is 0 Å². The Bertz CT molecular complexity index is 405. The molecule has 0 saturated heterocycles. The summed E-state index contributed by atoms with van der Waals surface area (Å²) in [6, 6.07) is 7.99. The van der Waals surface area contributed by atoms with Crippen LogP contribution < -0.4 is 0 Å². The predicted octanol–water partition coefficient (Wildman–Crippen LogP) is 2.71. The van der Waals surface area contributed by atoms with Gasteiger partial charge in [-0.2, -0.15) is 0 Å². The molecule has 0 spiro atoms. The molecule has 2 nitrogen and oxygen atoms in total. The van der Waals surface area contributed by atoms with Crippen LogP contribution in [-0.4, -0.2) is 5.97 Å². The van der Waals surface area contributed by atoms with Crippen LogP contribution in [0.25, 0.3) is 5.76 Å². The van der Waals surface area contributed by atoms with Crippen molar-refractivity contribution in [1.82, 2.24) is 0 Å². The summed E-state index contributed by atoms with van der Waals surface area (Å²) in [6.07, 6.45) is 1.98. The van der Waals surface area contributed by atoms with Gasteiger partial charge in [-0.1, -0.05) is 31.2 Å². The molecule has 1 aliphatic rings. The number of ether oxygens (including phenoxy) is 1. The minimum absolute atomic E-state index is 0.264. The third-order valence-corrected chi connectivity index (χ3v) is 2.37. The average molecular weight is 188 g/mol. The van der Waals surface area contributed by atoms with E-state index in [-0.39, 0.29) is 5.97 Å². The zero-order chi connectivity index (χ0) is 10.1. The van der Waals surface area contributed by atoms with Crippen molar-refractivity contribution in [3.8, 4) is 0 Å². The minimum atomic E-state index is -0.264. The first-order chi connectivity index (χ1) is 6.68. The van der Waals surface area contributed by atoms with Crippen molar-refractivity contribution in [3.63, 3.8) is 0 Å². The van der Waals surface area contributed by atoms with E-state index >= 15 is 0 Å². The van der Waals surface area contributed by atoms with Gasteiger partial charge in [-0.3, -0.25) is 4.79 Å². The Hall–Kier alpha value is -1.57. The van der Waals surface area contributed by atoms with Crippen molar-refractivity contribution < 1.29 is 9.53 Å². The summed E-state index contributed by atoms with van der Waals surface area (Å²) >= 11 is 0. The molecule has 0 N–H and O–H groups in total. The van der Waals surface area contributed by atoms with Crippen molar-refractivity contribution in [2.45, 2.75) is 19.8 Å². The molecule has 1 atom stereocenters. The van der Waals surface area contributed by atoms with Gasteiger partial charge >= 0.3 is 5.97 Å². The zero-order valence-corrected chi connectivity index (χ0v) is 8.28. The SMILES string of the molecule is CC(=O)OC1=CC(C)c2ccccc21. The molecule has 72 valence electrons. The van der Waals surface area contributed by atoms with E-state index in [0.717, 1.165) is 5.56 Å². The lowest BCUT2D eigenvalue weighted by Gasteiger charge is -2.04. The molecule has 2 heteroatoms. The van der Waals surface area contributed by atoms with Crippen LogP contribution in [0.4, 0.5) is 0 Å². The molecular weight excluding hydrogens is 176 g/mol. The second-order valence-corrected chi connectivity index (χ2v) is 3.50. The van der Waals surface area contributed by atoms with E-state index in [4.69, 9.17) is 4.74 Å². The second-order valence-electron chi connectivity index (χ2n) is 3.50. The van der Waals surface area contributed by atoms with Gasteiger partial charge in [-0.05, 0) is 11.6 Å². The van der Waals surface area contributed by atoms with E-state index in [0.29, 0.717) is 11.7 Å². The molecule has 0 radical (unpaired) electrons. The number of allylic oxidation sites excluding steroid dienone is 1. The first-order valence-electron chi connectivity index (χ1n) is 4.68.